The number of hydrogen-bond acceptors (Lipinski definition) is 3. The van der Waals surface area contributed by atoms with Crippen LogP contribution in [0.5, 0.6) is 0 Å². The summed E-state index contributed by atoms with van der Waals surface area (Å²) in [5.41, 5.74) is 2.62. The maximum Gasteiger partial charge on any atom is 0.274 e. The molecule has 3 nitrogen and oxygen atoms in total. The molecule has 2 aromatic heterocycles. The average Bonchev–Trinajstić information content (AvgIpc) is 3.01. The second kappa shape index (κ2) is 6.90. The average molecular weight is 379 g/mol. The number of carbonyl (C=O) groups excluding carboxylic acids is 1. The van der Waals surface area contributed by atoms with Crippen molar-refractivity contribution in [1.82, 2.24) is 4.98 Å². The van der Waals surface area contributed by atoms with E-state index in [0.717, 1.165) is 21.3 Å². The maximum atomic E-state index is 13.4. The Bertz CT molecular complexity index is 1070. The minimum absolute atomic E-state index is 0.159. The fourth-order valence-corrected chi connectivity index (χ4v) is 4.26. The van der Waals surface area contributed by atoms with Gasteiger partial charge in [0.05, 0.1) is 16.9 Å². The number of amides is 1. The van der Waals surface area contributed by atoms with Gasteiger partial charge in [-0.25, -0.2) is 0 Å². The molecule has 4 aromatic rings. The summed E-state index contributed by atoms with van der Waals surface area (Å²) in [5.74, 6) is -0.159. The standard InChI is InChI=1S/C21H15ClN2OS/c1-14-8-10-15(11-9-14)24(16-5-4-12-23-13-16)21(25)20-19(22)17-6-2-3-7-18(17)26-20/h2-13H,1H3. The van der Waals surface area contributed by atoms with E-state index in [4.69, 9.17) is 11.6 Å². The molecule has 0 saturated carbocycles. The lowest BCUT2D eigenvalue weighted by atomic mass is 10.2. The van der Waals surface area contributed by atoms with Gasteiger partial charge in [0.25, 0.3) is 5.91 Å². The second-order valence-electron chi connectivity index (χ2n) is 5.93. The molecule has 128 valence electrons. The largest absolute Gasteiger partial charge is 0.275 e. The molecule has 0 aliphatic rings. The van der Waals surface area contributed by atoms with Gasteiger partial charge in [-0.1, -0.05) is 47.5 Å². The van der Waals surface area contributed by atoms with Crippen molar-refractivity contribution in [3.8, 4) is 0 Å². The Morgan fingerprint density at radius 3 is 2.46 bits per heavy atom. The van der Waals surface area contributed by atoms with Gasteiger partial charge in [0.2, 0.25) is 0 Å². The van der Waals surface area contributed by atoms with Crippen LogP contribution in [0.1, 0.15) is 15.2 Å². The Morgan fingerprint density at radius 2 is 1.77 bits per heavy atom. The van der Waals surface area contributed by atoms with E-state index in [1.54, 1.807) is 17.3 Å². The Kier molecular flexibility index (Phi) is 4.45. The highest BCUT2D eigenvalue weighted by Gasteiger charge is 2.25. The number of thiophene rings is 1. The lowest BCUT2D eigenvalue weighted by Crippen LogP contribution is -2.25. The molecular formula is C21H15ClN2OS. The summed E-state index contributed by atoms with van der Waals surface area (Å²) in [4.78, 5) is 19.8. The molecule has 4 rings (SSSR count). The van der Waals surface area contributed by atoms with Crippen molar-refractivity contribution < 1.29 is 4.79 Å². The minimum atomic E-state index is -0.159. The Morgan fingerprint density at radius 1 is 1.00 bits per heavy atom. The van der Waals surface area contributed by atoms with Crippen LogP contribution in [-0.2, 0) is 0 Å². The van der Waals surface area contributed by atoms with Gasteiger partial charge in [-0.15, -0.1) is 11.3 Å². The number of hydrogen-bond donors (Lipinski definition) is 0. The number of halogens is 1. The van der Waals surface area contributed by atoms with Crippen LogP contribution < -0.4 is 4.90 Å². The van der Waals surface area contributed by atoms with E-state index < -0.39 is 0 Å². The van der Waals surface area contributed by atoms with Crippen LogP contribution >= 0.6 is 22.9 Å². The summed E-state index contributed by atoms with van der Waals surface area (Å²) in [6.45, 7) is 2.02. The van der Waals surface area contributed by atoms with Gasteiger partial charge in [0, 0.05) is 22.0 Å². The number of carbonyl (C=O) groups is 1. The number of benzene rings is 2. The number of aryl methyl sites for hydroxylation is 1. The van der Waals surface area contributed by atoms with Crippen LogP contribution in [-0.4, -0.2) is 10.9 Å². The van der Waals surface area contributed by atoms with Gasteiger partial charge in [-0.05, 0) is 37.3 Å². The summed E-state index contributed by atoms with van der Waals surface area (Å²) in [6.07, 6.45) is 3.37. The molecule has 26 heavy (non-hydrogen) atoms. The predicted octanol–water partition coefficient (Wildman–Crippen LogP) is 6.24. The van der Waals surface area contributed by atoms with Crippen molar-refractivity contribution in [1.29, 1.82) is 0 Å². The molecule has 2 heterocycles. The topological polar surface area (TPSA) is 33.2 Å². The molecular weight excluding hydrogens is 364 g/mol. The Labute approximate surface area is 160 Å². The van der Waals surface area contributed by atoms with Crippen LogP contribution in [0.2, 0.25) is 5.02 Å². The molecule has 1 amide bonds. The zero-order chi connectivity index (χ0) is 18.1. The highest BCUT2D eigenvalue weighted by Crippen LogP contribution is 2.38. The monoisotopic (exact) mass is 378 g/mol. The lowest BCUT2D eigenvalue weighted by molar-refractivity contribution is 0.100. The fraction of sp³-hybridized carbons (Fsp3) is 0.0476. The highest BCUT2D eigenvalue weighted by molar-refractivity contribution is 7.21. The fourth-order valence-electron chi connectivity index (χ4n) is 2.82. The molecule has 0 unspecified atom stereocenters. The van der Waals surface area contributed by atoms with Gasteiger partial charge < -0.3 is 0 Å². The molecule has 0 atom stereocenters. The molecule has 0 saturated heterocycles. The van der Waals surface area contributed by atoms with Crippen LogP contribution in [0.4, 0.5) is 11.4 Å². The third kappa shape index (κ3) is 2.98. The molecule has 0 bridgehead atoms. The molecule has 0 spiro atoms. The zero-order valence-corrected chi connectivity index (χ0v) is 15.6. The van der Waals surface area contributed by atoms with Crippen molar-refractivity contribution in [2.45, 2.75) is 6.92 Å². The lowest BCUT2D eigenvalue weighted by Gasteiger charge is -2.22. The van der Waals surface area contributed by atoms with Gasteiger partial charge in [0.15, 0.2) is 0 Å². The number of rotatable bonds is 3. The van der Waals surface area contributed by atoms with Crippen LogP contribution in [0.3, 0.4) is 0 Å². The van der Waals surface area contributed by atoms with Crippen LogP contribution in [0.25, 0.3) is 10.1 Å². The third-order valence-electron chi connectivity index (χ3n) is 4.13. The zero-order valence-electron chi connectivity index (χ0n) is 14.0. The van der Waals surface area contributed by atoms with Crippen molar-refractivity contribution in [2.24, 2.45) is 0 Å². The quantitative estimate of drug-likeness (QED) is 0.423. The van der Waals surface area contributed by atoms with E-state index in [2.05, 4.69) is 4.98 Å². The van der Waals surface area contributed by atoms with Crippen LogP contribution in [0, 0.1) is 6.92 Å². The summed E-state index contributed by atoms with van der Waals surface area (Å²) in [7, 11) is 0. The van der Waals surface area contributed by atoms with Gasteiger partial charge in [-0.2, -0.15) is 0 Å². The Balaban J connectivity index is 1.86. The second-order valence-corrected chi connectivity index (χ2v) is 7.36. The van der Waals surface area contributed by atoms with E-state index >= 15 is 0 Å². The number of nitrogens with zero attached hydrogens (tertiary/aromatic N) is 2. The van der Waals surface area contributed by atoms with E-state index in [1.165, 1.54) is 11.3 Å². The number of aromatic nitrogens is 1. The first-order valence-corrected chi connectivity index (χ1v) is 9.33. The summed E-state index contributed by atoms with van der Waals surface area (Å²) < 4.78 is 0.996. The van der Waals surface area contributed by atoms with Gasteiger partial charge >= 0.3 is 0 Å². The first-order chi connectivity index (χ1) is 12.6. The normalized spacial score (nSPS) is 10.8. The summed E-state index contributed by atoms with van der Waals surface area (Å²) in [5, 5.41) is 1.40. The van der Waals surface area contributed by atoms with Crippen molar-refractivity contribution in [2.75, 3.05) is 4.90 Å². The molecule has 0 aliphatic heterocycles. The smallest absolute Gasteiger partial charge is 0.274 e. The maximum absolute atomic E-state index is 13.4. The summed E-state index contributed by atoms with van der Waals surface area (Å²) in [6, 6.07) is 19.3. The molecule has 0 radical (unpaired) electrons. The number of fused-ring (bicyclic) bond motifs is 1. The first-order valence-electron chi connectivity index (χ1n) is 8.13. The predicted molar refractivity (Wildman–Crippen MR) is 109 cm³/mol. The summed E-state index contributed by atoms with van der Waals surface area (Å²) >= 11 is 7.95. The molecule has 0 N–H and O–H groups in total. The SMILES string of the molecule is Cc1ccc(N(C(=O)c2sc3ccccc3c2Cl)c2cccnc2)cc1. The number of anilines is 2. The molecule has 5 heteroatoms. The molecule has 2 aromatic carbocycles. The first kappa shape index (κ1) is 16.8. The van der Waals surface area contributed by atoms with E-state index in [-0.39, 0.29) is 5.91 Å². The van der Waals surface area contributed by atoms with Gasteiger partial charge in [-0.3, -0.25) is 14.7 Å². The van der Waals surface area contributed by atoms with Crippen molar-refractivity contribution in [3.63, 3.8) is 0 Å². The molecule has 0 fully saturated rings. The van der Waals surface area contributed by atoms with Gasteiger partial charge in [0.1, 0.15) is 4.88 Å². The van der Waals surface area contributed by atoms with Crippen molar-refractivity contribution in [3.05, 3.63) is 88.5 Å². The minimum Gasteiger partial charge on any atom is -0.275 e. The molecule has 0 aliphatic carbocycles. The number of pyridine rings is 1. The van der Waals surface area contributed by atoms with E-state index in [9.17, 15) is 4.79 Å². The van der Waals surface area contributed by atoms with Crippen molar-refractivity contribution >= 4 is 50.3 Å². The van der Waals surface area contributed by atoms with E-state index in [0.29, 0.717) is 15.6 Å². The highest BCUT2D eigenvalue weighted by atomic mass is 35.5. The van der Waals surface area contributed by atoms with E-state index in [1.807, 2.05) is 67.6 Å². The van der Waals surface area contributed by atoms with Crippen LogP contribution in [0.15, 0.2) is 73.1 Å². The third-order valence-corrected chi connectivity index (χ3v) is 5.79. The Hall–Kier alpha value is -2.69.